The number of amides is 1. The Labute approximate surface area is 296 Å². The van der Waals surface area contributed by atoms with E-state index in [1.807, 2.05) is 6.08 Å². The zero-order chi connectivity index (χ0) is 36.1. The molecule has 49 heavy (non-hydrogen) atoms. The summed E-state index contributed by atoms with van der Waals surface area (Å²) in [4.78, 5) is 12.9. The molecule has 1 amide bonds. The van der Waals surface area contributed by atoms with E-state index in [9.17, 15) is 35.4 Å². The van der Waals surface area contributed by atoms with Gasteiger partial charge in [-0.2, -0.15) is 0 Å². The van der Waals surface area contributed by atoms with Crippen LogP contribution in [0.4, 0.5) is 0 Å². The molecule has 0 radical (unpaired) electrons. The van der Waals surface area contributed by atoms with Crippen molar-refractivity contribution in [3.63, 3.8) is 0 Å². The van der Waals surface area contributed by atoms with E-state index in [1.165, 1.54) is 77.0 Å². The molecule has 286 valence electrons. The minimum Gasteiger partial charge on any atom is -0.394 e. The number of hydrogen-bond acceptors (Lipinski definition) is 9. The Morgan fingerprint density at radius 3 is 1.78 bits per heavy atom. The standard InChI is InChI=1S/C39H71NO9/c1-3-5-7-9-11-13-15-16-18-20-22-24-26-28-33(43)38(47)40-31(30-48-39-37(46)36(45)35(44)34(29-41)49-39)32(42)27-25-23-21-19-17-14-12-10-8-6-4-2/h17-20,25,27,31-37,39,41-46H,3-16,21-24,26,28-30H2,1-2H3,(H,40,47)/b19-17+,20-18-,27-25+. The molecular formula is C39H71NO9. The van der Waals surface area contributed by atoms with Gasteiger partial charge < -0.3 is 45.4 Å². The van der Waals surface area contributed by atoms with Crippen LogP contribution in [0, 0.1) is 0 Å². The predicted molar refractivity (Wildman–Crippen MR) is 195 cm³/mol. The molecule has 0 aromatic carbocycles. The van der Waals surface area contributed by atoms with Gasteiger partial charge in [-0.3, -0.25) is 4.79 Å². The molecule has 0 spiro atoms. The van der Waals surface area contributed by atoms with Crippen molar-refractivity contribution in [3.8, 4) is 0 Å². The first-order chi connectivity index (χ1) is 23.8. The molecule has 10 heteroatoms. The number of aliphatic hydroxyl groups excluding tert-OH is 6. The summed E-state index contributed by atoms with van der Waals surface area (Å²) in [5.74, 6) is -0.647. The third-order valence-electron chi connectivity index (χ3n) is 9.04. The zero-order valence-electron chi connectivity index (χ0n) is 30.5. The van der Waals surface area contributed by atoms with Crippen molar-refractivity contribution in [2.75, 3.05) is 13.2 Å². The van der Waals surface area contributed by atoms with Crippen LogP contribution in [0.3, 0.4) is 0 Å². The second-order valence-electron chi connectivity index (χ2n) is 13.5. The van der Waals surface area contributed by atoms with Gasteiger partial charge in [-0.15, -0.1) is 0 Å². The Kier molecular flexibility index (Phi) is 27.8. The van der Waals surface area contributed by atoms with E-state index < -0.39 is 61.5 Å². The first-order valence-corrected chi connectivity index (χ1v) is 19.3. The Hall–Kier alpha value is -1.63. The number of hydrogen-bond donors (Lipinski definition) is 7. The molecule has 1 heterocycles. The van der Waals surface area contributed by atoms with Crippen molar-refractivity contribution in [2.45, 2.75) is 191 Å². The number of carbonyl (C=O) groups excluding carboxylic acids is 1. The van der Waals surface area contributed by atoms with Gasteiger partial charge in [0.25, 0.3) is 0 Å². The lowest BCUT2D eigenvalue weighted by Gasteiger charge is -2.40. The summed E-state index contributed by atoms with van der Waals surface area (Å²) in [6.07, 6.45) is 23.9. The summed E-state index contributed by atoms with van der Waals surface area (Å²) in [6, 6.07) is -1.00. The molecule has 1 fully saturated rings. The molecule has 1 saturated heterocycles. The van der Waals surface area contributed by atoms with Crippen molar-refractivity contribution < 1.29 is 44.9 Å². The molecule has 7 N–H and O–H groups in total. The van der Waals surface area contributed by atoms with Gasteiger partial charge in [-0.1, -0.05) is 121 Å². The van der Waals surface area contributed by atoms with Gasteiger partial charge in [0.15, 0.2) is 6.29 Å². The predicted octanol–water partition coefficient (Wildman–Crippen LogP) is 5.52. The Morgan fingerprint density at radius 1 is 0.694 bits per heavy atom. The van der Waals surface area contributed by atoms with Crippen molar-refractivity contribution in [2.24, 2.45) is 0 Å². The van der Waals surface area contributed by atoms with Crippen LogP contribution in [-0.4, -0.2) is 98.7 Å². The Balaban J connectivity index is 2.57. The number of unbranched alkanes of at least 4 members (excludes halogenated alkanes) is 15. The lowest BCUT2D eigenvalue weighted by Crippen LogP contribution is -2.60. The fourth-order valence-corrected chi connectivity index (χ4v) is 5.76. The summed E-state index contributed by atoms with van der Waals surface area (Å²) < 4.78 is 11.0. The maximum atomic E-state index is 12.9. The maximum Gasteiger partial charge on any atom is 0.249 e. The number of nitrogens with one attached hydrogen (secondary N) is 1. The summed E-state index contributed by atoms with van der Waals surface area (Å²) >= 11 is 0. The molecule has 0 aromatic heterocycles. The SMILES string of the molecule is CCCCCCC/C=C/CC/C=C/C(O)C(COC1OC(CO)C(O)C(O)C1O)NC(=O)C(O)CCCC/C=C\CCCCCCCCC. The number of aliphatic hydroxyl groups is 6. The van der Waals surface area contributed by atoms with Gasteiger partial charge in [0.2, 0.25) is 5.91 Å². The number of ether oxygens (including phenoxy) is 2. The molecule has 0 bridgehead atoms. The van der Waals surface area contributed by atoms with Gasteiger partial charge in [-0.05, 0) is 57.8 Å². The van der Waals surface area contributed by atoms with E-state index in [1.54, 1.807) is 6.08 Å². The van der Waals surface area contributed by atoms with E-state index in [0.717, 1.165) is 32.1 Å². The van der Waals surface area contributed by atoms with Crippen LogP contribution >= 0.6 is 0 Å². The molecule has 0 saturated carbocycles. The average molecular weight is 698 g/mol. The van der Waals surface area contributed by atoms with Crippen LogP contribution in [-0.2, 0) is 14.3 Å². The zero-order valence-corrected chi connectivity index (χ0v) is 30.5. The first-order valence-electron chi connectivity index (χ1n) is 19.3. The highest BCUT2D eigenvalue weighted by Crippen LogP contribution is 2.22. The minimum atomic E-state index is -1.62. The van der Waals surface area contributed by atoms with Gasteiger partial charge in [0, 0.05) is 0 Å². The van der Waals surface area contributed by atoms with E-state index in [-0.39, 0.29) is 13.0 Å². The number of allylic oxidation sites excluding steroid dienone is 5. The van der Waals surface area contributed by atoms with Crippen LogP contribution in [0.1, 0.15) is 142 Å². The van der Waals surface area contributed by atoms with Gasteiger partial charge in [-0.25, -0.2) is 0 Å². The second kappa shape index (κ2) is 30.0. The highest BCUT2D eigenvalue weighted by Gasteiger charge is 2.44. The van der Waals surface area contributed by atoms with Crippen LogP contribution in [0.15, 0.2) is 36.5 Å². The monoisotopic (exact) mass is 698 g/mol. The fourth-order valence-electron chi connectivity index (χ4n) is 5.76. The lowest BCUT2D eigenvalue weighted by atomic mass is 9.99. The van der Waals surface area contributed by atoms with E-state index in [4.69, 9.17) is 9.47 Å². The highest BCUT2D eigenvalue weighted by molar-refractivity contribution is 5.80. The topological polar surface area (TPSA) is 169 Å². The fraction of sp³-hybridized carbons (Fsp3) is 0.821. The Bertz CT molecular complexity index is 881. The molecule has 0 aliphatic carbocycles. The van der Waals surface area contributed by atoms with Gasteiger partial charge in [0.1, 0.15) is 30.5 Å². The maximum absolute atomic E-state index is 12.9. The molecular weight excluding hydrogens is 626 g/mol. The molecule has 10 nitrogen and oxygen atoms in total. The smallest absolute Gasteiger partial charge is 0.249 e. The van der Waals surface area contributed by atoms with Crippen LogP contribution < -0.4 is 5.32 Å². The van der Waals surface area contributed by atoms with E-state index in [0.29, 0.717) is 12.8 Å². The van der Waals surface area contributed by atoms with Crippen molar-refractivity contribution in [3.05, 3.63) is 36.5 Å². The van der Waals surface area contributed by atoms with Gasteiger partial charge >= 0.3 is 0 Å². The summed E-state index contributed by atoms with van der Waals surface area (Å²) in [6.45, 7) is 3.50. The first kappa shape index (κ1) is 45.4. The van der Waals surface area contributed by atoms with Crippen molar-refractivity contribution >= 4 is 5.91 Å². The van der Waals surface area contributed by atoms with Crippen LogP contribution in [0.25, 0.3) is 0 Å². The summed E-state index contributed by atoms with van der Waals surface area (Å²) in [5, 5.41) is 64.2. The van der Waals surface area contributed by atoms with Crippen LogP contribution in [0.2, 0.25) is 0 Å². The van der Waals surface area contributed by atoms with Gasteiger partial charge in [0.05, 0.1) is 25.4 Å². The number of carbonyl (C=O) groups is 1. The molecule has 1 aliphatic rings. The third-order valence-corrected chi connectivity index (χ3v) is 9.04. The lowest BCUT2D eigenvalue weighted by molar-refractivity contribution is -0.302. The van der Waals surface area contributed by atoms with Crippen molar-refractivity contribution in [1.82, 2.24) is 5.32 Å². The normalized spacial score (nSPS) is 23.5. The number of rotatable bonds is 30. The molecule has 0 aromatic rings. The molecule has 1 aliphatic heterocycles. The van der Waals surface area contributed by atoms with E-state index >= 15 is 0 Å². The Morgan fingerprint density at radius 2 is 1.20 bits per heavy atom. The quantitative estimate of drug-likeness (QED) is 0.0378. The van der Waals surface area contributed by atoms with E-state index in [2.05, 4.69) is 43.5 Å². The molecule has 8 atom stereocenters. The minimum absolute atomic E-state index is 0.272. The highest BCUT2D eigenvalue weighted by atomic mass is 16.7. The summed E-state index contributed by atoms with van der Waals surface area (Å²) in [7, 11) is 0. The molecule has 8 unspecified atom stereocenters. The average Bonchev–Trinajstić information content (AvgIpc) is 3.10. The largest absolute Gasteiger partial charge is 0.394 e. The second-order valence-corrected chi connectivity index (χ2v) is 13.5. The van der Waals surface area contributed by atoms with Crippen LogP contribution in [0.5, 0.6) is 0 Å². The summed E-state index contributed by atoms with van der Waals surface area (Å²) in [5.41, 5.74) is 0. The van der Waals surface area contributed by atoms with Crippen molar-refractivity contribution in [1.29, 1.82) is 0 Å². The molecule has 1 rings (SSSR count). The third kappa shape index (κ3) is 21.4.